The Morgan fingerprint density at radius 3 is 1.71 bits per heavy atom. The standard InChI is InChI=1S/C62H53N/c1-60(2,3)44-32-28-40(29-33-44)43-31-36-56(51(38-43)41-18-9-8-10-19-41)63(45-34-35-48-47-22-13-15-25-52(47)62(6,7)55(48)39-45)57-37-30-42-20-11-12-21-46(42)59(57)50-24-17-27-54-58(50)49-23-14-16-26-53(49)61(54,4)5/h8-39H,1-7H3. The highest BCUT2D eigenvalue weighted by Gasteiger charge is 2.39. The first kappa shape index (κ1) is 38.9. The van der Waals surface area contributed by atoms with Gasteiger partial charge in [0.2, 0.25) is 0 Å². The van der Waals surface area contributed by atoms with E-state index < -0.39 is 0 Å². The maximum atomic E-state index is 2.57. The third-order valence-electron chi connectivity index (χ3n) is 14.3. The van der Waals surface area contributed by atoms with Gasteiger partial charge >= 0.3 is 0 Å². The molecule has 0 N–H and O–H groups in total. The van der Waals surface area contributed by atoms with Crippen LogP contribution in [-0.4, -0.2) is 0 Å². The van der Waals surface area contributed by atoms with E-state index >= 15 is 0 Å². The van der Waals surface area contributed by atoms with Crippen LogP contribution in [0.15, 0.2) is 194 Å². The van der Waals surface area contributed by atoms with Crippen molar-refractivity contribution in [1.82, 2.24) is 0 Å². The molecular formula is C62H53N. The van der Waals surface area contributed by atoms with Crippen molar-refractivity contribution in [2.24, 2.45) is 0 Å². The molecule has 0 atom stereocenters. The van der Waals surface area contributed by atoms with Crippen LogP contribution in [0.5, 0.6) is 0 Å². The van der Waals surface area contributed by atoms with Crippen LogP contribution in [-0.2, 0) is 16.2 Å². The molecule has 2 aliphatic rings. The summed E-state index contributed by atoms with van der Waals surface area (Å²) in [6, 6.07) is 73.1. The van der Waals surface area contributed by atoms with Crippen molar-refractivity contribution in [2.45, 2.75) is 64.7 Å². The Morgan fingerprint density at radius 2 is 0.952 bits per heavy atom. The molecule has 0 heterocycles. The quantitative estimate of drug-likeness (QED) is 0.162. The summed E-state index contributed by atoms with van der Waals surface area (Å²) in [6.45, 7) is 16.4. The van der Waals surface area contributed by atoms with Crippen LogP contribution < -0.4 is 4.90 Å². The zero-order valence-electron chi connectivity index (χ0n) is 37.4. The maximum Gasteiger partial charge on any atom is 0.0546 e. The Hall–Kier alpha value is -6.96. The number of nitrogens with zero attached hydrogens (tertiary/aromatic N) is 1. The van der Waals surface area contributed by atoms with Gasteiger partial charge in [0, 0.05) is 27.6 Å². The van der Waals surface area contributed by atoms with Gasteiger partial charge in [0.25, 0.3) is 0 Å². The molecule has 2 aliphatic carbocycles. The predicted octanol–water partition coefficient (Wildman–Crippen LogP) is 17.2. The van der Waals surface area contributed by atoms with Crippen molar-refractivity contribution in [3.05, 3.63) is 222 Å². The highest BCUT2D eigenvalue weighted by Crippen LogP contribution is 2.57. The number of hydrogen-bond acceptors (Lipinski definition) is 1. The van der Waals surface area contributed by atoms with Gasteiger partial charge in [0.1, 0.15) is 0 Å². The average molecular weight is 812 g/mol. The van der Waals surface area contributed by atoms with Crippen LogP contribution in [0.2, 0.25) is 0 Å². The van der Waals surface area contributed by atoms with Crippen LogP contribution in [0.1, 0.15) is 76.3 Å². The molecule has 306 valence electrons. The molecule has 0 saturated heterocycles. The Morgan fingerprint density at radius 1 is 0.365 bits per heavy atom. The minimum atomic E-state index is -0.166. The lowest BCUT2D eigenvalue weighted by Crippen LogP contribution is -2.17. The smallest absolute Gasteiger partial charge is 0.0546 e. The van der Waals surface area contributed by atoms with E-state index in [0.717, 1.165) is 17.1 Å². The summed E-state index contributed by atoms with van der Waals surface area (Å²) < 4.78 is 0. The predicted molar refractivity (Wildman–Crippen MR) is 269 cm³/mol. The van der Waals surface area contributed by atoms with Crippen LogP contribution in [0.3, 0.4) is 0 Å². The van der Waals surface area contributed by atoms with E-state index in [1.165, 1.54) is 94.2 Å². The summed E-state index contributed by atoms with van der Waals surface area (Å²) in [5, 5.41) is 2.46. The normalized spacial score (nSPS) is 14.2. The minimum Gasteiger partial charge on any atom is -0.309 e. The molecule has 0 saturated carbocycles. The van der Waals surface area contributed by atoms with E-state index in [1.807, 2.05) is 0 Å². The lowest BCUT2D eigenvalue weighted by molar-refractivity contribution is 0.590. The molecule has 0 spiro atoms. The largest absolute Gasteiger partial charge is 0.309 e. The van der Waals surface area contributed by atoms with Crippen LogP contribution in [0.4, 0.5) is 17.1 Å². The maximum absolute atomic E-state index is 2.57. The van der Waals surface area contributed by atoms with Crippen LogP contribution in [0, 0.1) is 0 Å². The highest BCUT2D eigenvalue weighted by molar-refractivity contribution is 6.10. The monoisotopic (exact) mass is 811 g/mol. The Bertz CT molecular complexity index is 3250. The fraction of sp³-hybridized carbons (Fsp3) is 0.161. The topological polar surface area (TPSA) is 3.24 Å². The molecule has 1 heteroatoms. The molecule has 0 amide bonds. The third kappa shape index (κ3) is 6.12. The first-order chi connectivity index (χ1) is 30.4. The van der Waals surface area contributed by atoms with E-state index in [1.54, 1.807) is 0 Å². The highest BCUT2D eigenvalue weighted by atomic mass is 15.1. The van der Waals surface area contributed by atoms with Crippen molar-refractivity contribution in [3.63, 3.8) is 0 Å². The molecule has 0 fully saturated rings. The molecular weight excluding hydrogens is 759 g/mol. The molecule has 0 aromatic heterocycles. The summed E-state index contributed by atoms with van der Waals surface area (Å²) in [4.78, 5) is 2.57. The van der Waals surface area contributed by atoms with Gasteiger partial charge in [-0.05, 0) is 119 Å². The van der Waals surface area contributed by atoms with Crippen LogP contribution >= 0.6 is 0 Å². The number of hydrogen-bond donors (Lipinski definition) is 0. The van der Waals surface area contributed by atoms with E-state index in [9.17, 15) is 0 Å². The molecule has 0 bridgehead atoms. The fourth-order valence-corrected chi connectivity index (χ4v) is 10.9. The number of fused-ring (bicyclic) bond motifs is 7. The van der Waals surface area contributed by atoms with Gasteiger partial charge in [0.15, 0.2) is 0 Å². The lowest BCUT2D eigenvalue weighted by atomic mass is 9.81. The summed E-state index contributed by atoms with van der Waals surface area (Å²) in [7, 11) is 0. The van der Waals surface area contributed by atoms with Crippen molar-refractivity contribution < 1.29 is 0 Å². The lowest BCUT2D eigenvalue weighted by Gasteiger charge is -2.32. The average Bonchev–Trinajstić information content (AvgIpc) is 3.68. The second-order valence-electron chi connectivity index (χ2n) is 19.7. The van der Waals surface area contributed by atoms with Gasteiger partial charge < -0.3 is 4.90 Å². The Kier molecular flexibility index (Phi) is 8.83. The van der Waals surface area contributed by atoms with Gasteiger partial charge in [-0.2, -0.15) is 0 Å². The van der Waals surface area contributed by atoms with Crippen molar-refractivity contribution in [2.75, 3.05) is 4.90 Å². The number of rotatable bonds is 6. The second-order valence-corrected chi connectivity index (χ2v) is 19.7. The molecule has 9 aromatic carbocycles. The zero-order valence-corrected chi connectivity index (χ0v) is 37.4. The van der Waals surface area contributed by atoms with Gasteiger partial charge in [-0.3, -0.25) is 0 Å². The Balaban J connectivity index is 1.22. The second kappa shape index (κ2) is 14.3. The Labute approximate surface area is 373 Å². The molecule has 1 nitrogen and oxygen atoms in total. The van der Waals surface area contributed by atoms with E-state index in [4.69, 9.17) is 0 Å². The van der Waals surface area contributed by atoms with E-state index in [2.05, 4.69) is 247 Å². The van der Waals surface area contributed by atoms with E-state index in [-0.39, 0.29) is 16.2 Å². The van der Waals surface area contributed by atoms with Crippen molar-refractivity contribution in [1.29, 1.82) is 0 Å². The van der Waals surface area contributed by atoms with Gasteiger partial charge in [0.05, 0.1) is 11.4 Å². The molecule has 11 rings (SSSR count). The molecule has 63 heavy (non-hydrogen) atoms. The zero-order chi connectivity index (χ0) is 43.3. The molecule has 0 radical (unpaired) electrons. The third-order valence-corrected chi connectivity index (χ3v) is 14.3. The van der Waals surface area contributed by atoms with Crippen molar-refractivity contribution in [3.8, 4) is 55.6 Å². The molecule has 0 unspecified atom stereocenters. The van der Waals surface area contributed by atoms with Crippen LogP contribution in [0.25, 0.3) is 66.4 Å². The van der Waals surface area contributed by atoms with E-state index in [0.29, 0.717) is 0 Å². The summed E-state index contributed by atoms with van der Waals surface area (Å²) in [5.74, 6) is 0. The van der Waals surface area contributed by atoms with Gasteiger partial charge in [-0.25, -0.2) is 0 Å². The van der Waals surface area contributed by atoms with Gasteiger partial charge in [-0.1, -0.05) is 212 Å². The van der Waals surface area contributed by atoms with Crippen molar-refractivity contribution >= 4 is 27.8 Å². The summed E-state index contributed by atoms with van der Waals surface area (Å²) in [5.41, 5.74) is 22.6. The molecule has 0 aliphatic heterocycles. The minimum absolute atomic E-state index is 0.0815. The van der Waals surface area contributed by atoms with Gasteiger partial charge in [-0.15, -0.1) is 0 Å². The SMILES string of the molecule is CC(C)(C)c1ccc(-c2ccc(N(c3ccc4c(c3)C(C)(C)c3ccccc3-4)c3ccc4ccccc4c3-c3cccc4c3-c3ccccc3C4(C)C)c(-c3ccccc3)c2)cc1. The number of anilines is 3. The number of benzene rings is 9. The first-order valence-corrected chi connectivity index (χ1v) is 22.5. The summed E-state index contributed by atoms with van der Waals surface area (Å²) in [6.07, 6.45) is 0. The fourth-order valence-electron chi connectivity index (χ4n) is 10.9. The summed E-state index contributed by atoms with van der Waals surface area (Å²) >= 11 is 0. The first-order valence-electron chi connectivity index (χ1n) is 22.5. The molecule has 9 aromatic rings.